The molecule has 0 radical (unpaired) electrons. The summed E-state index contributed by atoms with van der Waals surface area (Å²) >= 11 is 0. The van der Waals surface area contributed by atoms with E-state index in [1.807, 2.05) is 12.1 Å². The van der Waals surface area contributed by atoms with Crippen molar-refractivity contribution in [1.29, 1.82) is 0 Å². The molecule has 0 heterocycles. The molecule has 1 rings (SSSR count). The molecule has 0 aliphatic rings. The molecule has 24 heavy (non-hydrogen) atoms. The Labute approximate surface area is 150 Å². The van der Waals surface area contributed by atoms with Gasteiger partial charge in [0.15, 0.2) is 9.84 Å². The second kappa shape index (κ2) is 9.36. The summed E-state index contributed by atoms with van der Waals surface area (Å²) in [7, 11) is -2.00. The number of rotatable bonds is 7. The average molecular weight is 379 g/mol. The summed E-state index contributed by atoms with van der Waals surface area (Å²) in [6.07, 6.45) is 0. The number of methoxy groups -OCH3 is 1. The minimum Gasteiger partial charge on any atom is -0.383 e. The first-order chi connectivity index (χ1) is 10.6. The molecule has 0 saturated heterocycles. The van der Waals surface area contributed by atoms with Gasteiger partial charge in [-0.2, -0.15) is 0 Å². The Kier molecular flexibility index (Phi) is 8.91. The number of halogens is 1. The predicted molar refractivity (Wildman–Crippen MR) is 97.3 cm³/mol. The van der Waals surface area contributed by atoms with Gasteiger partial charge in [-0.05, 0) is 23.1 Å². The summed E-state index contributed by atoms with van der Waals surface area (Å²) in [5.74, 6) is -0.599. The zero-order valence-electron chi connectivity index (χ0n) is 14.5. The highest BCUT2D eigenvalue weighted by atomic mass is 35.5. The van der Waals surface area contributed by atoms with Gasteiger partial charge in [-0.3, -0.25) is 4.79 Å². The normalized spacial score (nSPS) is 13.0. The molecule has 6 nitrogen and oxygen atoms in total. The van der Waals surface area contributed by atoms with Crippen molar-refractivity contribution in [3.8, 4) is 0 Å². The molecule has 0 bridgehead atoms. The minimum atomic E-state index is -3.44. The summed E-state index contributed by atoms with van der Waals surface area (Å²) in [6.45, 7) is 6.30. The smallest absolute Gasteiger partial charge is 0.239 e. The molecule has 1 unspecified atom stereocenters. The fraction of sp³-hybridized carbons (Fsp3) is 0.562. The first kappa shape index (κ1) is 22.9. The van der Waals surface area contributed by atoms with Gasteiger partial charge in [-0.15, -0.1) is 12.4 Å². The number of amides is 1. The zero-order chi connectivity index (χ0) is 17.7. The van der Waals surface area contributed by atoms with Gasteiger partial charge in [0, 0.05) is 13.7 Å². The van der Waals surface area contributed by atoms with Crippen LogP contribution in [-0.2, 0) is 24.8 Å². The van der Waals surface area contributed by atoms with Gasteiger partial charge in [-0.25, -0.2) is 8.42 Å². The molecule has 1 aromatic rings. The van der Waals surface area contributed by atoms with Crippen LogP contribution in [0.2, 0.25) is 0 Å². The second-order valence-corrected chi connectivity index (χ2v) is 8.56. The maximum atomic E-state index is 12.3. The van der Waals surface area contributed by atoms with E-state index < -0.39 is 21.8 Å². The van der Waals surface area contributed by atoms with Crippen molar-refractivity contribution in [1.82, 2.24) is 5.32 Å². The number of sulfone groups is 1. The first-order valence-electron chi connectivity index (χ1n) is 7.43. The molecule has 3 N–H and O–H groups in total. The van der Waals surface area contributed by atoms with E-state index in [2.05, 4.69) is 26.1 Å². The highest BCUT2D eigenvalue weighted by Gasteiger charge is 2.19. The lowest BCUT2D eigenvalue weighted by atomic mass is 9.87. The number of nitrogens with one attached hydrogen (secondary N) is 1. The third-order valence-electron chi connectivity index (χ3n) is 3.43. The third-order valence-corrected chi connectivity index (χ3v) is 5.16. The summed E-state index contributed by atoms with van der Waals surface area (Å²) in [4.78, 5) is 11.9. The van der Waals surface area contributed by atoms with Crippen molar-refractivity contribution >= 4 is 28.2 Å². The molecule has 138 valence electrons. The third kappa shape index (κ3) is 6.76. The summed E-state index contributed by atoms with van der Waals surface area (Å²) in [5, 5.41) is 2.51. The fourth-order valence-electron chi connectivity index (χ4n) is 1.98. The molecular formula is C16H27ClN2O4S. The molecule has 1 atom stereocenters. The maximum absolute atomic E-state index is 12.3. The maximum Gasteiger partial charge on any atom is 0.239 e. The van der Waals surface area contributed by atoms with Crippen molar-refractivity contribution in [2.24, 2.45) is 5.73 Å². The van der Waals surface area contributed by atoms with E-state index in [1.54, 1.807) is 12.1 Å². The van der Waals surface area contributed by atoms with E-state index >= 15 is 0 Å². The van der Waals surface area contributed by atoms with Crippen LogP contribution in [-0.4, -0.2) is 46.4 Å². The summed E-state index contributed by atoms with van der Waals surface area (Å²) in [5.41, 5.74) is 6.59. The number of ether oxygens (including phenoxy) is 1. The quantitative estimate of drug-likeness (QED) is 0.744. The van der Waals surface area contributed by atoms with E-state index in [1.165, 1.54) is 7.11 Å². The largest absolute Gasteiger partial charge is 0.383 e. The van der Waals surface area contributed by atoms with E-state index in [-0.39, 0.29) is 41.6 Å². The van der Waals surface area contributed by atoms with Crippen LogP contribution in [0.15, 0.2) is 29.2 Å². The van der Waals surface area contributed by atoms with Crippen LogP contribution in [0.1, 0.15) is 26.3 Å². The number of hydrogen-bond donors (Lipinski definition) is 2. The molecule has 8 heteroatoms. The standard InChI is InChI=1S/C16H26N2O4S.ClH/c1-16(2,3)12-5-7-13(8-6-12)23(20,21)10-9-18-15(19)14(17)11-22-4;/h5-8,14H,9-11,17H2,1-4H3,(H,18,19);1H. The van der Waals surface area contributed by atoms with Crippen LogP contribution in [0, 0.1) is 0 Å². The fourth-order valence-corrected chi connectivity index (χ4v) is 3.13. The van der Waals surface area contributed by atoms with Gasteiger partial charge >= 0.3 is 0 Å². The van der Waals surface area contributed by atoms with E-state index in [9.17, 15) is 13.2 Å². The van der Waals surface area contributed by atoms with Crippen LogP contribution < -0.4 is 11.1 Å². The van der Waals surface area contributed by atoms with Gasteiger partial charge in [0.05, 0.1) is 17.3 Å². The van der Waals surface area contributed by atoms with Crippen LogP contribution in [0.3, 0.4) is 0 Å². The van der Waals surface area contributed by atoms with E-state index in [4.69, 9.17) is 10.5 Å². The number of carbonyl (C=O) groups is 1. The van der Waals surface area contributed by atoms with Crippen molar-refractivity contribution < 1.29 is 17.9 Å². The Balaban J connectivity index is 0.00000529. The number of nitrogens with two attached hydrogens (primary N) is 1. The number of carbonyl (C=O) groups excluding carboxylic acids is 1. The lowest BCUT2D eigenvalue weighted by molar-refractivity contribution is -0.123. The molecule has 0 aliphatic carbocycles. The second-order valence-electron chi connectivity index (χ2n) is 6.45. The molecule has 0 fully saturated rings. The van der Waals surface area contributed by atoms with Crippen molar-refractivity contribution in [2.75, 3.05) is 26.0 Å². The average Bonchev–Trinajstić information content (AvgIpc) is 2.46. The lowest BCUT2D eigenvalue weighted by Gasteiger charge is -2.19. The molecule has 0 aromatic heterocycles. The molecule has 1 amide bonds. The van der Waals surface area contributed by atoms with Crippen LogP contribution in [0.4, 0.5) is 0 Å². The van der Waals surface area contributed by atoms with Gasteiger partial charge in [0.1, 0.15) is 6.04 Å². The Morgan fingerprint density at radius 1 is 1.25 bits per heavy atom. The summed E-state index contributed by atoms with van der Waals surface area (Å²) in [6, 6.07) is 6.05. The molecule has 0 saturated carbocycles. The summed E-state index contributed by atoms with van der Waals surface area (Å²) < 4.78 is 29.3. The number of hydrogen-bond acceptors (Lipinski definition) is 5. The van der Waals surface area contributed by atoms with Crippen molar-refractivity contribution in [3.63, 3.8) is 0 Å². The molecular weight excluding hydrogens is 352 g/mol. The molecule has 0 aliphatic heterocycles. The Hall–Kier alpha value is -1.15. The van der Waals surface area contributed by atoms with E-state index in [0.29, 0.717) is 0 Å². The highest BCUT2D eigenvalue weighted by molar-refractivity contribution is 7.91. The minimum absolute atomic E-state index is 0. The van der Waals surface area contributed by atoms with E-state index in [0.717, 1.165) is 5.56 Å². The van der Waals surface area contributed by atoms with Crippen LogP contribution in [0.25, 0.3) is 0 Å². The first-order valence-corrected chi connectivity index (χ1v) is 9.08. The van der Waals surface area contributed by atoms with Gasteiger partial charge in [-0.1, -0.05) is 32.9 Å². The molecule has 0 spiro atoms. The van der Waals surface area contributed by atoms with Crippen molar-refractivity contribution in [2.45, 2.75) is 37.1 Å². The highest BCUT2D eigenvalue weighted by Crippen LogP contribution is 2.23. The van der Waals surface area contributed by atoms with Crippen LogP contribution in [0.5, 0.6) is 0 Å². The zero-order valence-corrected chi connectivity index (χ0v) is 16.2. The predicted octanol–water partition coefficient (Wildman–Crippen LogP) is 1.27. The molecule has 1 aromatic carbocycles. The Bertz CT molecular complexity index is 624. The van der Waals surface area contributed by atoms with Gasteiger partial charge in [0.2, 0.25) is 5.91 Å². The monoisotopic (exact) mass is 378 g/mol. The topological polar surface area (TPSA) is 98.5 Å². The number of benzene rings is 1. The SMILES string of the molecule is COCC(N)C(=O)NCCS(=O)(=O)c1ccc(C(C)(C)C)cc1.Cl. The van der Waals surface area contributed by atoms with Gasteiger partial charge in [0.25, 0.3) is 0 Å². The Morgan fingerprint density at radius 2 is 1.79 bits per heavy atom. The van der Waals surface area contributed by atoms with Crippen molar-refractivity contribution in [3.05, 3.63) is 29.8 Å². The Morgan fingerprint density at radius 3 is 2.25 bits per heavy atom. The van der Waals surface area contributed by atoms with Crippen LogP contribution >= 0.6 is 12.4 Å². The van der Waals surface area contributed by atoms with Gasteiger partial charge < -0.3 is 15.8 Å². The lowest BCUT2D eigenvalue weighted by Crippen LogP contribution is -2.44.